The highest BCUT2D eigenvalue weighted by Crippen LogP contribution is 2.15. The number of carbonyl (C=O) groups is 2. The minimum Gasteiger partial charge on any atom is -0.368 e. The summed E-state index contributed by atoms with van der Waals surface area (Å²) in [6.45, 7) is 14.4. The summed E-state index contributed by atoms with van der Waals surface area (Å²) in [5, 5.41) is 3.06. The van der Waals surface area contributed by atoms with Crippen molar-refractivity contribution in [1.82, 2.24) is 10.2 Å². The number of carbonyl (C=O) groups excluding carboxylic acids is 2. The van der Waals surface area contributed by atoms with Gasteiger partial charge >= 0.3 is 0 Å². The van der Waals surface area contributed by atoms with E-state index in [0.29, 0.717) is 13.1 Å². The van der Waals surface area contributed by atoms with Gasteiger partial charge in [-0.1, -0.05) is 18.2 Å². The third kappa shape index (κ3) is 6.99. The monoisotopic (exact) mass is 417 g/mol. The summed E-state index contributed by atoms with van der Waals surface area (Å²) < 4.78 is 0. The number of anilines is 1. The number of rotatable bonds is 5. The summed E-state index contributed by atoms with van der Waals surface area (Å²) in [4.78, 5) is 32.2. The number of hydrogen-bond donors (Lipinski definition) is 3. The van der Waals surface area contributed by atoms with E-state index in [9.17, 15) is 9.59 Å². The third-order valence-electron chi connectivity index (χ3n) is 5.97. The van der Waals surface area contributed by atoms with E-state index in [2.05, 4.69) is 34.5 Å². The maximum atomic E-state index is 12.9. The zero-order valence-electron chi connectivity index (χ0n) is 18.9. The fraction of sp³-hybridized carbons (Fsp3) is 0.652. The molecule has 1 aromatic carbocycles. The molecule has 30 heavy (non-hydrogen) atoms. The highest BCUT2D eigenvalue weighted by molar-refractivity contribution is 5.78. The third-order valence-corrected chi connectivity index (χ3v) is 5.97. The summed E-state index contributed by atoms with van der Waals surface area (Å²) in [7, 11) is 0. The van der Waals surface area contributed by atoms with E-state index < -0.39 is 0 Å². The highest BCUT2D eigenvalue weighted by atomic mass is 16.2. The van der Waals surface area contributed by atoms with Crippen LogP contribution in [0.4, 0.5) is 5.69 Å². The van der Waals surface area contributed by atoms with Crippen LogP contribution in [0.25, 0.3) is 0 Å². The van der Waals surface area contributed by atoms with Crippen molar-refractivity contribution >= 4 is 17.5 Å². The molecule has 0 aromatic heterocycles. The molecule has 3 rings (SSSR count). The molecule has 166 valence electrons. The molecule has 0 aliphatic carbocycles. The van der Waals surface area contributed by atoms with Gasteiger partial charge in [0.15, 0.2) is 13.1 Å². The lowest BCUT2D eigenvalue weighted by Gasteiger charge is -2.36. The van der Waals surface area contributed by atoms with Crippen molar-refractivity contribution in [1.29, 1.82) is 0 Å². The average Bonchev–Trinajstić information content (AvgIpc) is 2.92. The second-order valence-electron chi connectivity index (χ2n) is 9.71. The normalized spacial score (nSPS) is 23.0. The Morgan fingerprint density at radius 2 is 1.50 bits per heavy atom. The molecule has 2 aliphatic heterocycles. The van der Waals surface area contributed by atoms with Gasteiger partial charge in [0.1, 0.15) is 13.1 Å². The number of hydrogen-bond acceptors (Lipinski definition) is 3. The maximum Gasteiger partial charge on any atom is 0.277 e. The van der Waals surface area contributed by atoms with Crippen LogP contribution >= 0.6 is 0 Å². The van der Waals surface area contributed by atoms with Gasteiger partial charge < -0.3 is 24.9 Å². The van der Waals surface area contributed by atoms with E-state index in [0.717, 1.165) is 58.8 Å². The molecule has 0 spiro atoms. The van der Waals surface area contributed by atoms with Crippen molar-refractivity contribution in [3.05, 3.63) is 30.3 Å². The topological polar surface area (TPSA) is 61.5 Å². The van der Waals surface area contributed by atoms with Gasteiger partial charge in [-0.05, 0) is 32.9 Å². The number of nitrogens with one attached hydrogen (secondary N) is 3. The lowest BCUT2D eigenvalue weighted by molar-refractivity contribution is -0.930. The van der Waals surface area contributed by atoms with E-state index in [-0.39, 0.29) is 17.4 Å². The van der Waals surface area contributed by atoms with Crippen molar-refractivity contribution in [3.8, 4) is 0 Å². The van der Waals surface area contributed by atoms with Gasteiger partial charge in [-0.25, -0.2) is 0 Å². The highest BCUT2D eigenvalue weighted by Gasteiger charge is 2.28. The summed E-state index contributed by atoms with van der Waals surface area (Å²) in [6, 6.07) is 10.4. The summed E-state index contributed by atoms with van der Waals surface area (Å²) in [5.74, 6) is 0.389. The van der Waals surface area contributed by atoms with Crippen LogP contribution < -0.4 is 20.0 Å². The SMILES string of the molecule is CC(C)(C)NC(=O)C[NH+]1CCC[NH+](CC(=O)N2CCN(c3ccccc3)CC2)CC1. The smallest absolute Gasteiger partial charge is 0.277 e. The van der Waals surface area contributed by atoms with Crippen molar-refractivity contribution in [3.63, 3.8) is 0 Å². The van der Waals surface area contributed by atoms with Gasteiger partial charge in [0.05, 0.1) is 13.1 Å². The molecule has 2 unspecified atom stereocenters. The maximum absolute atomic E-state index is 12.9. The van der Waals surface area contributed by atoms with Gasteiger partial charge in [-0.3, -0.25) is 9.59 Å². The zero-order valence-corrected chi connectivity index (χ0v) is 18.9. The Morgan fingerprint density at radius 3 is 2.10 bits per heavy atom. The second kappa shape index (κ2) is 10.3. The second-order valence-corrected chi connectivity index (χ2v) is 9.71. The van der Waals surface area contributed by atoms with Gasteiger partial charge in [-0.2, -0.15) is 0 Å². The lowest BCUT2D eigenvalue weighted by atomic mass is 10.1. The van der Waals surface area contributed by atoms with E-state index in [1.54, 1.807) is 0 Å². The van der Waals surface area contributed by atoms with Crippen molar-refractivity contribution in [2.75, 3.05) is 70.3 Å². The van der Waals surface area contributed by atoms with Gasteiger partial charge in [0.2, 0.25) is 0 Å². The summed E-state index contributed by atoms with van der Waals surface area (Å²) >= 11 is 0. The van der Waals surface area contributed by atoms with Gasteiger partial charge in [-0.15, -0.1) is 0 Å². The Hall–Kier alpha value is -2.12. The molecule has 2 heterocycles. The molecule has 2 amide bonds. The standard InChI is InChI=1S/C23H37N5O2/c1-23(2,3)24-21(29)18-25-10-7-11-26(13-12-25)19-22(30)28-16-14-27(15-17-28)20-8-5-4-6-9-20/h4-6,8-9H,7,10-19H2,1-3H3,(H,24,29)/p+2. The molecule has 2 atom stereocenters. The van der Waals surface area contributed by atoms with E-state index >= 15 is 0 Å². The minimum absolute atomic E-state index is 0.119. The number of amides is 2. The Kier molecular flexibility index (Phi) is 7.72. The van der Waals surface area contributed by atoms with Crippen LogP contribution in [0.5, 0.6) is 0 Å². The molecule has 7 nitrogen and oxygen atoms in total. The van der Waals surface area contributed by atoms with E-state index in [4.69, 9.17) is 0 Å². The molecule has 3 N–H and O–H groups in total. The molecule has 2 saturated heterocycles. The van der Waals surface area contributed by atoms with Crippen LogP contribution in [0.1, 0.15) is 27.2 Å². The zero-order chi connectivity index (χ0) is 21.6. The first kappa shape index (κ1) is 22.6. The molecular formula is C23H39N5O2+2. The summed E-state index contributed by atoms with van der Waals surface area (Å²) in [6.07, 6.45) is 1.06. The largest absolute Gasteiger partial charge is 0.368 e. The quantitative estimate of drug-likeness (QED) is 0.542. The Bertz CT molecular complexity index is 695. The van der Waals surface area contributed by atoms with Crippen LogP contribution in [0.3, 0.4) is 0 Å². The van der Waals surface area contributed by atoms with Crippen LogP contribution in [0.15, 0.2) is 30.3 Å². The number of piperazine rings is 1. The fourth-order valence-electron chi connectivity index (χ4n) is 4.41. The molecule has 7 heteroatoms. The number of nitrogens with zero attached hydrogens (tertiary/aromatic N) is 2. The number of para-hydroxylation sites is 1. The Labute approximate surface area is 181 Å². The van der Waals surface area contributed by atoms with Crippen molar-refractivity contribution < 1.29 is 19.4 Å². The minimum atomic E-state index is -0.184. The predicted molar refractivity (Wildman–Crippen MR) is 119 cm³/mol. The van der Waals surface area contributed by atoms with E-state index in [1.807, 2.05) is 31.7 Å². The van der Waals surface area contributed by atoms with Crippen molar-refractivity contribution in [2.24, 2.45) is 0 Å². The van der Waals surface area contributed by atoms with Gasteiger partial charge in [0, 0.05) is 43.8 Å². The molecule has 0 bridgehead atoms. The van der Waals surface area contributed by atoms with Crippen LogP contribution in [0, 0.1) is 0 Å². The average molecular weight is 418 g/mol. The molecule has 2 fully saturated rings. The first-order valence-electron chi connectivity index (χ1n) is 11.4. The molecular weight excluding hydrogens is 378 g/mol. The van der Waals surface area contributed by atoms with Crippen molar-refractivity contribution in [2.45, 2.75) is 32.7 Å². The Morgan fingerprint density at radius 1 is 0.900 bits per heavy atom. The van der Waals surface area contributed by atoms with E-state index in [1.165, 1.54) is 15.5 Å². The lowest BCUT2D eigenvalue weighted by Crippen LogP contribution is -3.18. The van der Waals surface area contributed by atoms with Crippen LogP contribution in [-0.2, 0) is 9.59 Å². The van der Waals surface area contributed by atoms with Gasteiger partial charge in [0.25, 0.3) is 11.8 Å². The fourth-order valence-corrected chi connectivity index (χ4v) is 4.41. The van der Waals surface area contributed by atoms with Crippen LogP contribution in [0.2, 0.25) is 0 Å². The molecule has 0 saturated carbocycles. The number of benzene rings is 1. The first-order chi connectivity index (χ1) is 14.3. The molecule has 2 aliphatic rings. The van der Waals surface area contributed by atoms with Crippen LogP contribution in [-0.4, -0.2) is 87.7 Å². The molecule has 0 radical (unpaired) electrons. The first-order valence-corrected chi connectivity index (χ1v) is 11.4. The number of quaternary nitrogens is 2. The molecule has 1 aromatic rings. The summed E-state index contributed by atoms with van der Waals surface area (Å²) in [5.41, 5.74) is 1.05. The predicted octanol–water partition coefficient (Wildman–Crippen LogP) is -1.58. The Balaban J connectivity index is 1.40.